The quantitative estimate of drug-likeness (QED) is 0.702. The summed E-state index contributed by atoms with van der Waals surface area (Å²) in [5.74, 6) is 0. The normalized spacial score (nSPS) is 11.2. The summed E-state index contributed by atoms with van der Waals surface area (Å²) in [5, 5.41) is 13.0. The van der Waals surface area contributed by atoms with E-state index in [9.17, 15) is 0 Å². The Morgan fingerprint density at radius 2 is 2.32 bits per heavy atom. The molecule has 0 bridgehead atoms. The van der Waals surface area contributed by atoms with Gasteiger partial charge in [-0.05, 0) is 17.7 Å². The third kappa shape index (κ3) is 2.77. The summed E-state index contributed by atoms with van der Waals surface area (Å²) in [5.41, 5.74) is 2.31. The molecule has 5 nitrogen and oxygen atoms in total. The molecule has 0 aliphatic carbocycles. The molecule has 3 rings (SSSR count). The van der Waals surface area contributed by atoms with Crippen LogP contribution in [0, 0.1) is 0 Å². The fourth-order valence-electron chi connectivity index (χ4n) is 2.07. The molecular formula is C13H14ClN5. The molecule has 6 heteroatoms. The molecule has 0 spiro atoms. The van der Waals surface area contributed by atoms with Crippen molar-refractivity contribution in [2.45, 2.75) is 13.1 Å². The van der Waals surface area contributed by atoms with Crippen molar-refractivity contribution in [1.82, 2.24) is 25.3 Å². The summed E-state index contributed by atoms with van der Waals surface area (Å²) < 4.78 is 1.81. The number of nitrogens with zero attached hydrogens (tertiary/aromatic N) is 3. The van der Waals surface area contributed by atoms with Gasteiger partial charge in [0.2, 0.25) is 0 Å². The first kappa shape index (κ1) is 12.2. The van der Waals surface area contributed by atoms with Crippen molar-refractivity contribution >= 4 is 22.5 Å². The molecule has 0 saturated carbocycles. The van der Waals surface area contributed by atoms with Crippen LogP contribution in [0.15, 0.2) is 36.8 Å². The average molecular weight is 276 g/mol. The molecule has 3 aromatic rings. The third-order valence-corrected chi connectivity index (χ3v) is 3.27. The van der Waals surface area contributed by atoms with Crippen molar-refractivity contribution in [1.29, 1.82) is 0 Å². The maximum atomic E-state index is 5.96. The first-order valence-electron chi connectivity index (χ1n) is 6.13. The van der Waals surface area contributed by atoms with Gasteiger partial charge in [-0.15, -0.1) is 5.10 Å². The molecule has 0 aliphatic heterocycles. The van der Waals surface area contributed by atoms with E-state index in [0.717, 1.165) is 30.2 Å². The molecule has 0 fully saturated rings. The van der Waals surface area contributed by atoms with Gasteiger partial charge in [0.1, 0.15) is 0 Å². The van der Waals surface area contributed by atoms with Crippen LogP contribution in [0.5, 0.6) is 0 Å². The summed E-state index contributed by atoms with van der Waals surface area (Å²) in [6.45, 7) is 2.48. The number of aromatic nitrogens is 4. The number of H-pyrrole nitrogens is 1. The lowest BCUT2D eigenvalue weighted by atomic mass is 10.2. The highest BCUT2D eigenvalue weighted by Gasteiger charge is 2.03. The van der Waals surface area contributed by atoms with Crippen LogP contribution in [0.1, 0.15) is 5.56 Å². The Kier molecular flexibility index (Phi) is 3.48. The maximum absolute atomic E-state index is 5.96. The average Bonchev–Trinajstić information content (AvgIpc) is 3.03. The Morgan fingerprint density at radius 3 is 3.16 bits per heavy atom. The second-order valence-electron chi connectivity index (χ2n) is 4.35. The fraction of sp³-hybridized carbons (Fsp3) is 0.231. The van der Waals surface area contributed by atoms with Gasteiger partial charge in [-0.2, -0.15) is 0 Å². The highest BCUT2D eigenvalue weighted by molar-refractivity contribution is 6.31. The molecule has 0 saturated heterocycles. The van der Waals surface area contributed by atoms with E-state index in [2.05, 4.69) is 20.6 Å². The topological polar surface area (TPSA) is 58.5 Å². The lowest BCUT2D eigenvalue weighted by molar-refractivity contribution is 0.541. The van der Waals surface area contributed by atoms with Gasteiger partial charge in [-0.25, -0.2) is 0 Å². The standard InChI is InChI=1S/C13H14ClN5/c14-11-1-2-12-10(9-16-13(12)7-11)8-15-3-5-19-6-4-17-18-19/h1-2,4,6-7,9,15-16H,3,5,8H2. The van der Waals surface area contributed by atoms with Crippen molar-refractivity contribution < 1.29 is 0 Å². The highest BCUT2D eigenvalue weighted by atomic mass is 35.5. The minimum atomic E-state index is 0.750. The van der Waals surface area contributed by atoms with E-state index < -0.39 is 0 Å². The molecule has 2 heterocycles. The Balaban J connectivity index is 1.59. The van der Waals surface area contributed by atoms with Crippen molar-refractivity contribution in [2.24, 2.45) is 0 Å². The predicted molar refractivity (Wildman–Crippen MR) is 75.0 cm³/mol. The SMILES string of the molecule is Clc1ccc2c(CNCCn3ccnn3)c[nH]c2c1. The molecule has 1 aromatic carbocycles. The molecule has 19 heavy (non-hydrogen) atoms. The van der Waals surface area contributed by atoms with Crippen LogP contribution in [-0.2, 0) is 13.1 Å². The second kappa shape index (κ2) is 5.42. The summed E-state index contributed by atoms with van der Waals surface area (Å²) in [6.07, 6.45) is 5.56. The smallest absolute Gasteiger partial charge is 0.0692 e. The van der Waals surface area contributed by atoms with Crippen molar-refractivity contribution in [2.75, 3.05) is 6.54 Å². The molecule has 2 aromatic heterocycles. The lowest BCUT2D eigenvalue weighted by Crippen LogP contribution is -2.19. The van der Waals surface area contributed by atoms with E-state index in [1.54, 1.807) is 6.20 Å². The molecule has 98 valence electrons. The third-order valence-electron chi connectivity index (χ3n) is 3.03. The van der Waals surface area contributed by atoms with Crippen LogP contribution in [0.2, 0.25) is 5.02 Å². The van der Waals surface area contributed by atoms with Crippen molar-refractivity contribution in [3.63, 3.8) is 0 Å². The van der Waals surface area contributed by atoms with Crippen LogP contribution in [0.25, 0.3) is 10.9 Å². The van der Waals surface area contributed by atoms with E-state index in [4.69, 9.17) is 11.6 Å². The predicted octanol–water partition coefficient (Wildman–Crippen LogP) is 2.20. The number of benzene rings is 1. The van der Waals surface area contributed by atoms with Crippen LogP contribution >= 0.6 is 11.6 Å². The molecule has 0 aliphatic rings. The van der Waals surface area contributed by atoms with Gasteiger partial charge in [0.05, 0.1) is 12.7 Å². The van der Waals surface area contributed by atoms with E-state index in [1.165, 1.54) is 10.9 Å². The van der Waals surface area contributed by atoms with Crippen LogP contribution in [0.4, 0.5) is 0 Å². The van der Waals surface area contributed by atoms with Gasteiger partial charge in [0, 0.05) is 41.4 Å². The summed E-state index contributed by atoms with van der Waals surface area (Å²) in [6, 6.07) is 5.90. The van der Waals surface area contributed by atoms with Gasteiger partial charge in [-0.3, -0.25) is 4.68 Å². The van der Waals surface area contributed by atoms with E-state index >= 15 is 0 Å². The Labute approximate surface area is 115 Å². The van der Waals surface area contributed by atoms with E-state index in [-0.39, 0.29) is 0 Å². The molecule has 0 amide bonds. The fourth-order valence-corrected chi connectivity index (χ4v) is 2.25. The molecule has 0 unspecified atom stereocenters. The molecule has 0 radical (unpaired) electrons. The van der Waals surface area contributed by atoms with Crippen LogP contribution in [0.3, 0.4) is 0 Å². The Hall–Kier alpha value is -1.85. The number of hydrogen-bond acceptors (Lipinski definition) is 3. The largest absolute Gasteiger partial charge is 0.361 e. The monoisotopic (exact) mass is 275 g/mol. The minimum absolute atomic E-state index is 0.750. The number of rotatable bonds is 5. The van der Waals surface area contributed by atoms with Gasteiger partial charge in [-0.1, -0.05) is 22.9 Å². The second-order valence-corrected chi connectivity index (χ2v) is 4.78. The van der Waals surface area contributed by atoms with Crippen molar-refractivity contribution in [3.8, 4) is 0 Å². The van der Waals surface area contributed by atoms with Crippen LogP contribution in [-0.4, -0.2) is 26.5 Å². The highest BCUT2D eigenvalue weighted by Crippen LogP contribution is 2.21. The van der Waals surface area contributed by atoms with Gasteiger partial charge in [0.15, 0.2) is 0 Å². The zero-order chi connectivity index (χ0) is 13.1. The van der Waals surface area contributed by atoms with Crippen LogP contribution < -0.4 is 5.32 Å². The first-order chi connectivity index (χ1) is 9.33. The number of nitrogens with one attached hydrogen (secondary N) is 2. The number of hydrogen-bond donors (Lipinski definition) is 2. The Bertz CT molecular complexity index is 659. The summed E-state index contributed by atoms with van der Waals surface area (Å²) >= 11 is 5.96. The van der Waals surface area contributed by atoms with Crippen molar-refractivity contribution in [3.05, 3.63) is 47.4 Å². The number of fused-ring (bicyclic) bond motifs is 1. The lowest BCUT2D eigenvalue weighted by Gasteiger charge is -2.03. The summed E-state index contributed by atoms with van der Waals surface area (Å²) in [7, 11) is 0. The minimum Gasteiger partial charge on any atom is -0.361 e. The van der Waals surface area contributed by atoms with E-state index in [1.807, 2.05) is 35.3 Å². The first-order valence-corrected chi connectivity index (χ1v) is 6.51. The maximum Gasteiger partial charge on any atom is 0.0692 e. The molecule has 2 N–H and O–H groups in total. The zero-order valence-corrected chi connectivity index (χ0v) is 11.1. The van der Waals surface area contributed by atoms with Gasteiger partial charge >= 0.3 is 0 Å². The summed E-state index contributed by atoms with van der Waals surface area (Å²) in [4.78, 5) is 3.23. The number of halogens is 1. The zero-order valence-electron chi connectivity index (χ0n) is 10.3. The Morgan fingerprint density at radius 1 is 1.37 bits per heavy atom. The number of aromatic amines is 1. The van der Waals surface area contributed by atoms with Gasteiger partial charge in [0.25, 0.3) is 0 Å². The molecular weight excluding hydrogens is 262 g/mol. The van der Waals surface area contributed by atoms with Gasteiger partial charge < -0.3 is 10.3 Å². The molecule has 0 atom stereocenters. The van der Waals surface area contributed by atoms with E-state index in [0.29, 0.717) is 0 Å².